The summed E-state index contributed by atoms with van der Waals surface area (Å²) in [4.78, 5) is 0. The normalized spacial score (nSPS) is 29.7. The predicted molar refractivity (Wildman–Crippen MR) is 48.6 cm³/mol. The molecule has 70 valence electrons. The van der Waals surface area contributed by atoms with E-state index in [0.29, 0.717) is 10.5 Å². The van der Waals surface area contributed by atoms with Gasteiger partial charge >= 0.3 is 0 Å². The van der Waals surface area contributed by atoms with Crippen molar-refractivity contribution in [3.63, 3.8) is 0 Å². The molecule has 1 N–H and O–H groups in total. The van der Waals surface area contributed by atoms with Crippen LogP contribution in [0.15, 0.2) is 0 Å². The van der Waals surface area contributed by atoms with Gasteiger partial charge < -0.3 is 10.1 Å². The van der Waals surface area contributed by atoms with Crippen LogP contribution >= 0.6 is 0 Å². The van der Waals surface area contributed by atoms with Gasteiger partial charge in [0.15, 0.2) is 0 Å². The molecule has 2 aliphatic rings. The van der Waals surface area contributed by atoms with Gasteiger partial charge in [-0.05, 0) is 12.8 Å². The van der Waals surface area contributed by atoms with E-state index in [4.69, 9.17) is 4.74 Å². The first kappa shape index (κ1) is 8.66. The van der Waals surface area contributed by atoms with Crippen molar-refractivity contribution in [2.24, 2.45) is 0 Å². The van der Waals surface area contributed by atoms with Gasteiger partial charge in [-0.1, -0.05) is 0 Å². The molecule has 2 saturated heterocycles. The minimum absolute atomic E-state index is 0.408. The molecule has 0 spiro atoms. The summed E-state index contributed by atoms with van der Waals surface area (Å²) in [6.07, 6.45) is 1.98. The molecule has 0 amide bonds. The molecule has 4 heteroatoms. The van der Waals surface area contributed by atoms with Crippen molar-refractivity contribution in [2.75, 3.05) is 26.3 Å². The smallest absolute Gasteiger partial charge is 0.0599 e. The zero-order chi connectivity index (χ0) is 8.39. The van der Waals surface area contributed by atoms with Crippen LogP contribution in [-0.4, -0.2) is 41.0 Å². The minimum atomic E-state index is -0.607. The van der Waals surface area contributed by atoms with Crippen molar-refractivity contribution < 1.29 is 8.95 Å². The average Bonchev–Trinajstić information content (AvgIpc) is 2.03. The standard InChI is InChI=1S/C8H15NO2S/c10-12(8-5-9-6-8)7-1-3-11-4-2-7/h7-9H,1-6H2. The van der Waals surface area contributed by atoms with Crippen molar-refractivity contribution in [2.45, 2.75) is 23.3 Å². The topological polar surface area (TPSA) is 38.3 Å². The Labute approximate surface area is 75.3 Å². The van der Waals surface area contributed by atoms with Crippen LogP contribution in [0, 0.1) is 0 Å². The van der Waals surface area contributed by atoms with E-state index in [1.54, 1.807) is 0 Å². The Bertz CT molecular complexity index is 176. The third-order valence-corrected chi connectivity index (χ3v) is 4.69. The molecule has 1 unspecified atom stereocenters. The van der Waals surface area contributed by atoms with Gasteiger partial charge in [0, 0.05) is 42.4 Å². The summed E-state index contributed by atoms with van der Waals surface area (Å²) in [5.74, 6) is 0. The highest BCUT2D eigenvalue weighted by Crippen LogP contribution is 2.18. The lowest BCUT2D eigenvalue weighted by atomic mass is 10.2. The van der Waals surface area contributed by atoms with E-state index in [1.165, 1.54) is 0 Å². The maximum atomic E-state index is 11.8. The molecule has 12 heavy (non-hydrogen) atoms. The van der Waals surface area contributed by atoms with Gasteiger partial charge in [0.2, 0.25) is 0 Å². The molecule has 1 atom stereocenters. The zero-order valence-corrected chi connectivity index (χ0v) is 7.94. The molecule has 0 aromatic carbocycles. The van der Waals surface area contributed by atoms with Gasteiger partial charge in [-0.2, -0.15) is 0 Å². The molecule has 2 heterocycles. The Morgan fingerprint density at radius 2 is 1.83 bits per heavy atom. The highest BCUT2D eigenvalue weighted by molar-refractivity contribution is 7.86. The lowest BCUT2D eigenvalue weighted by Crippen LogP contribution is -2.52. The molecule has 2 rings (SSSR count). The first-order valence-corrected chi connectivity index (χ1v) is 5.83. The molecule has 2 aliphatic heterocycles. The second-order valence-corrected chi connectivity index (χ2v) is 5.41. The Balaban J connectivity index is 1.84. The van der Waals surface area contributed by atoms with Crippen LogP contribution in [0.25, 0.3) is 0 Å². The fourth-order valence-electron chi connectivity index (χ4n) is 1.61. The summed E-state index contributed by atoms with van der Waals surface area (Å²) in [5, 5.41) is 3.99. The molecular formula is C8H15NO2S. The average molecular weight is 189 g/mol. The number of nitrogens with one attached hydrogen (secondary N) is 1. The van der Waals surface area contributed by atoms with Crippen molar-refractivity contribution in [3.05, 3.63) is 0 Å². The van der Waals surface area contributed by atoms with Crippen molar-refractivity contribution in [1.29, 1.82) is 0 Å². The molecule has 3 nitrogen and oxygen atoms in total. The number of hydrogen-bond acceptors (Lipinski definition) is 3. The van der Waals surface area contributed by atoms with E-state index in [0.717, 1.165) is 39.1 Å². The maximum absolute atomic E-state index is 11.8. The summed E-state index contributed by atoms with van der Waals surface area (Å²) in [5.41, 5.74) is 0. The van der Waals surface area contributed by atoms with E-state index < -0.39 is 10.8 Å². The Kier molecular flexibility index (Phi) is 2.78. The highest BCUT2D eigenvalue weighted by Gasteiger charge is 2.30. The van der Waals surface area contributed by atoms with Crippen molar-refractivity contribution in [1.82, 2.24) is 5.32 Å². The van der Waals surface area contributed by atoms with E-state index >= 15 is 0 Å². The summed E-state index contributed by atoms with van der Waals surface area (Å²) >= 11 is 0. The lowest BCUT2D eigenvalue weighted by molar-refractivity contribution is 0.0990. The van der Waals surface area contributed by atoms with Gasteiger partial charge in [0.1, 0.15) is 0 Å². The Morgan fingerprint density at radius 1 is 1.17 bits per heavy atom. The largest absolute Gasteiger partial charge is 0.381 e. The van der Waals surface area contributed by atoms with E-state index in [2.05, 4.69) is 5.32 Å². The van der Waals surface area contributed by atoms with Crippen LogP contribution in [0.5, 0.6) is 0 Å². The van der Waals surface area contributed by atoms with Crippen LogP contribution in [0.3, 0.4) is 0 Å². The van der Waals surface area contributed by atoms with Crippen LogP contribution in [0.4, 0.5) is 0 Å². The quantitative estimate of drug-likeness (QED) is 0.658. The maximum Gasteiger partial charge on any atom is 0.0599 e. The summed E-state index contributed by atoms with van der Waals surface area (Å²) in [6, 6.07) is 0. The number of hydrogen-bond donors (Lipinski definition) is 1. The van der Waals surface area contributed by atoms with E-state index in [1.807, 2.05) is 0 Å². The molecule has 0 bridgehead atoms. The molecule has 0 aromatic rings. The van der Waals surface area contributed by atoms with E-state index in [-0.39, 0.29) is 0 Å². The SMILES string of the molecule is O=S(C1CCOCC1)C1CNC1. The monoisotopic (exact) mass is 189 g/mol. The number of rotatable bonds is 2. The Hall–Kier alpha value is 0.0700. The third kappa shape index (κ3) is 1.70. The van der Waals surface area contributed by atoms with Gasteiger partial charge in [-0.15, -0.1) is 0 Å². The fourth-order valence-corrected chi connectivity index (χ4v) is 3.37. The first-order valence-electron chi connectivity index (χ1n) is 4.56. The van der Waals surface area contributed by atoms with Gasteiger partial charge in [-0.25, -0.2) is 0 Å². The molecular weight excluding hydrogens is 174 g/mol. The molecule has 0 aliphatic carbocycles. The van der Waals surface area contributed by atoms with Crippen molar-refractivity contribution >= 4 is 10.8 Å². The van der Waals surface area contributed by atoms with Crippen molar-refractivity contribution in [3.8, 4) is 0 Å². The third-order valence-electron chi connectivity index (χ3n) is 2.57. The van der Waals surface area contributed by atoms with E-state index in [9.17, 15) is 4.21 Å². The van der Waals surface area contributed by atoms with Crippen LogP contribution in [-0.2, 0) is 15.5 Å². The molecule has 0 aromatic heterocycles. The first-order chi connectivity index (χ1) is 5.88. The zero-order valence-electron chi connectivity index (χ0n) is 7.12. The Morgan fingerprint density at radius 3 is 2.33 bits per heavy atom. The fraction of sp³-hybridized carbons (Fsp3) is 1.00. The predicted octanol–water partition coefficient (Wildman–Crippen LogP) is -0.114. The second-order valence-electron chi connectivity index (χ2n) is 3.42. The van der Waals surface area contributed by atoms with Crippen LogP contribution in [0.2, 0.25) is 0 Å². The summed E-state index contributed by atoms with van der Waals surface area (Å²) < 4.78 is 17.0. The summed E-state index contributed by atoms with van der Waals surface area (Å²) in [6.45, 7) is 3.50. The highest BCUT2D eigenvalue weighted by atomic mass is 32.2. The molecule has 2 fully saturated rings. The minimum Gasteiger partial charge on any atom is -0.381 e. The second kappa shape index (κ2) is 3.85. The van der Waals surface area contributed by atoms with Gasteiger partial charge in [-0.3, -0.25) is 4.21 Å². The molecule has 0 radical (unpaired) electrons. The van der Waals surface area contributed by atoms with Crippen LogP contribution < -0.4 is 5.32 Å². The van der Waals surface area contributed by atoms with Gasteiger partial charge in [0.05, 0.1) is 5.25 Å². The van der Waals surface area contributed by atoms with Gasteiger partial charge in [0.25, 0.3) is 0 Å². The number of ether oxygens (including phenoxy) is 1. The molecule has 0 saturated carbocycles. The van der Waals surface area contributed by atoms with Crippen LogP contribution in [0.1, 0.15) is 12.8 Å². The lowest BCUT2D eigenvalue weighted by Gasteiger charge is -2.31. The summed E-state index contributed by atoms with van der Waals surface area (Å²) in [7, 11) is -0.607.